The molecule has 232 valence electrons. The van der Waals surface area contributed by atoms with Gasteiger partial charge in [-0.1, -0.05) is 102 Å². The van der Waals surface area contributed by atoms with Crippen LogP contribution >= 0.6 is 0 Å². The van der Waals surface area contributed by atoms with Crippen molar-refractivity contribution in [3.8, 4) is 11.5 Å². The summed E-state index contributed by atoms with van der Waals surface area (Å²) in [5.74, 6) is 1.36. The van der Waals surface area contributed by atoms with Crippen LogP contribution in [0.15, 0.2) is 61.2 Å². The summed E-state index contributed by atoms with van der Waals surface area (Å²) in [6.07, 6.45) is 21.8. The molecule has 5 nitrogen and oxygen atoms in total. The summed E-state index contributed by atoms with van der Waals surface area (Å²) >= 11 is 0. The molecule has 3 rings (SSSR count). The fraction of sp³-hybridized carbons (Fsp3) is 0.595. The molecule has 1 heterocycles. The Morgan fingerprint density at radius 2 is 1.33 bits per heavy atom. The molecule has 1 saturated heterocycles. The maximum Gasteiger partial charge on any atom is 0.343 e. The molecule has 0 N–H and O–H groups in total. The van der Waals surface area contributed by atoms with Crippen molar-refractivity contribution in [1.82, 2.24) is 0 Å². The molecule has 0 amide bonds. The van der Waals surface area contributed by atoms with Crippen LogP contribution in [0.1, 0.15) is 132 Å². The van der Waals surface area contributed by atoms with Crippen LogP contribution in [0.2, 0.25) is 0 Å². The Kier molecular flexibility index (Phi) is 17.0. The minimum absolute atomic E-state index is 0.361. The first kappa shape index (κ1) is 33.9. The summed E-state index contributed by atoms with van der Waals surface area (Å²) < 4.78 is 23.4. The SMILES string of the molecule is C=CCCCCCCCCCCOc1ccc(C(=O)Oc2ccc([C@H]3OC[C@H](CCCCCCCC)CO3)cc2)cc1. The van der Waals surface area contributed by atoms with E-state index in [1.807, 2.05) is 30.3 Å². The van der Waals surface area contributed by atoms with E-state index in [1.165, 1.54) is 83.5 Å². The normalized spacial score (nSPS) is 16.7. The molecule has 0 unspecified atom stereocenters. The Hall–Kier alpha value is -2.63. The molecule has 42 heavy (non-hydrogen) atoms. The van der Waals surface area contributed by atoms with Crippen LogP contribution in [-0.4, -0.2) is 25.8 Å². The number of carbonyl (C=O) groups is 1. The molecule has 0 aromatic heterocycles. The van der Waals surface area contributed by atoms with Crippen molar-refractivity contribution >= 4 is 5.97 Å². The lowest BCUT2D eigenvalue weighted by Gasteiger charge is -2.29. The Morgan fingerprint density at radius 1 is 0.762 bits per heavy atom. The smallest absolute Gasteiger partial charge is 0.343 e. The van der Waals surface area contributed by atoms with Gasteiger partial charge >= 0.3 is 5.97 Å². The second-order valence-corrected chi connectivity index (χ2v) is 11.7. The highest BCUT2D eigenvalue weighted by Crippen LogP contribution is 2.29. The highest BCUT2D eigenvalue weighted by Gasteiger charge is 2.23. The lowest BCUT2D eigenvalue weighted by Crippen LogP contribution is -2.27. The average Bonchev–Trinajstić information content (AvgIpc) is 3.02. The van der Waals surface area contributed by atoms with Gasteiger partial charge in [0, 0.05) is 11.5 Å². The third-order valence-electron chi connectivity index (χ3n) is 7.96. The van der Waals surface area contributed by atoms with Crippen molar-refractivity contribution in [1.29, 1.82) is 0 Å². The van der Waals surface area contributed by atoms with E-state index in [0.717, 1.165) is 43.8 Å². The maximum atomic E-state index is 12.7. The van der Waals surface area contributed by atoms with Crippen molar-refractivity contribution in [2.45, 2.75) is 116 Å². The van der Waals surface area contributed by atoms with Crippen molar-refractivity contribution in [2.24, 2.45) is 5.92 Å². The van der Waals surface area contributed by atoms with Gasteiger partial charge in [0.25, 0.3) is 0 Å². The van der Waals surface area contributed by atoms with Crippen LogP contribution in [0.4, 0.5) is 0 Å². The minimum atomic E-state index is -0.388. The van der Waals surface area contributed by atoms with Gasteiger partial charge in [-0.05, 0) is 62.1 Å². The van der Waals surface area contributed by atoms with E-state index in [9.17, 15) is 4.79 Å². The van der Waals surface area contributed by atoms with Crippen molar-refractivity contribution in [2.75, 3.05) is 19.8 Å². The number of benzene rings is 2. The standard InChI is InChI=1S/C37H54O5/c1-3-5-7-9-11-12-13-14-16-18-28-39-34-24-20-32(21-25-34)36(38)42-35-26-22-33(23-27-35)37-40-29-31(30-41-37)19-17-15-10-8-6-4-2/h3,20-27,31,37H,1,4-19,28-30H2,2H3/t31-,37-. The Balaban J connectivity index is 1.27. The van der Waals surface area contributed by atoms with Gasteiger partial charge in [0.2, 0.25) is 0 Å². The van der Waals surface area contributed by atoms with Gasteiger partial charge < -0.3 is 18.9 Å². The third-order valence-corrected chi connectivity index (χ3v) is 7.96. The van der Waals surface area contributed by atoms with E-state index in [2.05, 4.69) is 13.5 Å². The number of ether oxygens (including phenoxy) is 4. The number of unbranched alkanes of at least 4 members (excludes halogenated alkanes) is 13. The topological polar surface area (TPSA) is 54.0 Å². The number of rotatable bonds is 22. The van der Waals surface area contributed by atoms with Crippen LogP contribution in [-0.2, 0) is 9.47 Å². The lowest BCUT2D eigenvalue weighted by molar-refractivity contribution is -0.206. The molecule has 1 fully saturated rings. The summed E-state index contributed by atoms with van der Waals surface area (Å²) in [7, 11) is 0. The highest BCUT2D eigenvalue weighted by atomic mass is 16.7. The lowest BCUT2D eigenvalue weighted by atomic mass is 10.0. The quantitative estimate of drug-likeness (QED) is 0.0602. The highest BCUT2D eigenvalue weighted by molar-refractivity contribution is 5.91. The summed E-state index contributed by atoms with van der Waals surface area (Å²) in [6.45, 7) is 8.18. The van der Waals surface area contributed by atoms with Crippen molar-refractivity contribution < 1.29 is 23.7 Å². The van der Waals surface area contributed by atoms with Crippen LogP contribution < -0.4 is 9.47 Å². The number of esters is 1. The summed E-state index contributed by atoms with van der Waals surface area (Å²) in [6, 6.07) is 14.6. The van der Waals surface area contributed by atoms with Crippen LogP contribution in [0.3, 0.4) is 0 Å². The molecule has 0 bridgehead atoms. The van der Waals surface area contributed by atoms with Gasteiger partial charge in [0.05, 0.1) is 25.4 Å². The first-order valence-corrected chi connectivity index (χ1v) is 16.6. The Bertz CT molecular complexity index is 976. The van der Waals surface area contributed by atoms with Gasteiger partial charge in [-0.3, -0.25) is 0 Å². The first-order chi connectivity index (χ1) is 20.7. The number of allylic oxidation sites excluding steroid dienone is 1. The van der Waals surface area contributed by atoms with E-state index in [-0.39, 0.29) is 12.3 Å². The molecule has 1 aliphatic heterocycles. The number of hydrogen-bond acceptors (Lipinski definition) is 5. The molecule has 0 aliphatic carbocycles. The predicted octanol–water partition coefficient (Wildman–Crippen LogP) is 10.4. The van der Waals surface area contributed by atoms with Gasteiger partial charge in [0.1, 0.15) is 11.5 Å². The summed E-state index contributed by atoms with van der Waals surface area (Å²) in [5.41, 5.74) is 1.43. The fourth-order valence-corrected chi connectivity index (χ4v) is 5.30. The first-order valence-electron chi connectivity index (χ1n) is 16.6. The molecule has 2 aromatic rings. The van der Waals surface area contributed by atoms with Gasteiger partial charge in [-0.2, -0.15) is 0 Å². The van der Waals surface area contributed by atoms with E-state index in [0.29, 0.717) is 23.8 Å². The molecule has 5 heteroatoms. The third kappa shape index (κ3) is 13.6. The Labute approximate surface area is 255 Å². The zero-order valence-corrected chi connectivity index (χ0v) is 26.0. The zero-order valence-electron chi connectivity index (χ0n) is 26.0. The summed E-state index contributed by atoms with van der Waals surface area (Å²) in [5, 5.41) is 0. The number of hydrogen-bond donors (Lipinski definition) is 0. The fourth-order valence-electron chi connectivity index (χ4n) is 5.30. The summed E-state index contributed by atoms with van der Waals surface area (Å²) in [4.78, 5) is 12.7. The molecule has 1 aliphatic rings. The zero-order chi connectivity index (χ0) is 29.7. The number of carbonyl (C=O) groups excluding carboxylic acids is 1. The molecular weight excluding hydrogens is 524 g/mol. The van der Waals surface area contributed by atoms with Crippen molar-refractivity contribution in [3.63, 3.8) is 0 Å². The minimum Gasteiger partial charge on any atom is -0.494 e. The predicted molar refractivity (Wildman–Crippen MR) is 171 cm³/mol. The van der Waals surface area contributed by atoms with Gasteiger partial charge in [-0.15, -0.1) is 6.58 Å². The second kappa shape index (κ2) is 21.1. The molecule has 2 aromatic carbocycles. The van der Waals surface area contributed by atoms with Gasteiger partial charge in [0.15, 0.2) is 6.29 Å². The Morgan fingerprint density at radius 3 is 1.98 bits per heavy atom. The monoisotopic (exact) mass is 578 g/mol. The molecule has 0 saturated carbocycles. The van der Waals surface area contributed by atoms with Crippen LogP contribution in [0, 0.1) is 5.92 Å². The molecule has 0 atom stereocenters. The van der Waals surface area contributed by atoms with Crippen LogP contribution in [0.25, 0.3) is 0 Å². The van der Waals surface area contributed by atoms with E-state index < -0.39 is 0 Å². The largest absolute Gasteiger partial charge is 0.494 e. The maximum absolute atomic E-state index is 12.7. The van der Waals surface area contributed by atoms with E-state index in [4.69, 9.17) is 18.9 Å². The molecular formula is C37H54O5. The molecule has 0 radical (unpaired) electrons. The van der Waals surface area contributed by atoms with E-state index in [1.54, 1.807) is 24.3 Å². The van der Waals surface area contributed by atoms with Crippen molar-refractivity contribution in [3.05, 3.63) is 72.3 Å². The molecule has 0 spiro atoms. The van der Waals surface area contributed by atoms with Gasteiger partial charge in [-0.25, -0.2) is 4.79 Å². The van der Waals surface area contributed by atoms with Crippen LogP contribution in [0.5, 0.6) is 11.5 Å². The second-order valence-electron chi connectivity index (χ2n) is 11.7. The van der Waals surface area contributed by atoms with E-state index >= 15 is 0 Å². The average molecular weight is 579 g/mol.